The molecule has 34 heavy (non-hydrogen) atoms. The molecule has 0 radical (unpaired) electrons. The third kappa shape index (κ3) is 4.70. The second-order valence-electron chi connectivity index (χ2n) is 7.48. The molecule has 0 fully saturated rings. The number of ether oxygens (including phenoxy) is 4. The summed E-state index contributed by atoms with van der Waals surface area (Å²) >= 11 is -1.59. The van der Waals surface area contributed by atoms with Crippen LogP contribution in [0.15, 0.2) is 59.9 Å². The molecule has 1 unspecified atom stereocenters. The molecule has 0 bridgehead atoms. The van der Waals surface area contributed by atoms with E-state index in [0.717, 1.165) is 5.56 Å². The van der Waals surface area contributed by atoms with Gasteiger partial charge in [0.05, 0.1) is 30.0 Å². The van der Waals surface area contributed by atoms with E-state index in [1.807, 2.05) is 30.3 Å². The first-order chi connectivity index (χ1) is 16.4. The molecule has 176 valence electrons. The Morgan fingerprint density at radius 3 is 2.76 bits per heavy atom. The lowest BCUT2D eigenvalue weighted by Crippen LogP contribution is -2.35. The first kappa shape index (κ1) is 22.2. The lowest BCUT2D eigenvalue weighted by molar-refractivity contribution is -0.208. The Morgan fingerprint density at radius 2 is 1.97 bits per heavy atom. The number of pyridine rings is 1. The SMILES string of the molecule is COc1cc(C[S+]([O-])c2nc3cc4c(cc3[nH]2)OCC(F)(F)O4)ncc1OCc1ccccc1. The van der Waals surface area contributed by atoms with E-state index in [9.17, 15) is 13.3 Å². The molecule has 0 saturated heterocycles. The van der Waals surface area contributed by atoms with Crippen molar-refractivity contribution in [2.45, 2.75) is 23.6 Å². The third-order valence-corrected chi connectivity index (χ3v) is 6.20. The van der Waals surface area contributed by atoms with Gasteiger partial charge in [-0.3, -0.25) is 9.97 Å². The molecule has 1 atom stereocenters. The molecule has 2 aromatic carbocycles. The second-order valence-corrected chi connectivity index (χ2v) is 8.84. The van der Waals surface area contributed by atoms with Gasteiger partial charge < -0.3 is 23.5 Å². The fourth-order valence-electron chi connectivity index (χ4n) is 3.40. The van der Waals surface area contributed by atoms with Gasteiger partial charge in [0.15, 0.2) is 35.4 Å². The first-order valence-corrected chi connectivity index (χ1v) is 11.5. The van der Waals surface area contributed by atoms with Gasteiger partial charge in [0.2, 0.25) is 0 Å². The molecule has 1 N–H and O–H groups in total. The predicted octanol–water partition coefficient (Wildman–Crippen LogP) is 4.22. The van der Waals surface area contributed by atoms with Crippen LogP contribution in [0.2, 0.25) is 0 Å². The average Bonchev–Trinajstić information content (AvgIpc) is 3.25. The maximum absolute atomic E-state index is 13.4. The number of aromatic nitrogens is 3. The zero-order chi connectivity index (χ0) is 23.7. The van der Waals surface area contributed by atoms with Gasteiger partial charge in [0, 0.05) is 29.4 Å². The number of rotatable bonds is 7. The lowest BCUT2D eigenvalue weighted by Gasteiger charge is -2.25. The van der Waals surface area contributed by atoms with Crippen molar-refractivity contribution in [3.63, 3.8) is 0 Å². The van der Waals surface area contributed by atoms with Gasteiger partial charge in [0.1, 0.15) is 6.61 Å². The molecule has 0 amide bonds. The highest BCUT2D eigenvalue weighted by Gasteiger charge is 2.38. The van der Waals surface area contributed by atoms with Crippen LogP contribution in [-0.2, 0) is 23.5 Å². The molecule has 1 aliphatic rings. The first-order valence-electron chi connectivity index (χ1n) is 10.2. The number of H-pyrrole nitrogens is 1. The highest BCUT2D eigenvalue weighted by atomic mass is 32.2. The van der Waals surface area contributed by atoms with Crippen molar-refractivity contribution in [1.29, 1.82) is 0 Å². The van der Waals surface area contributed by atoms with Crippen LogP contribution < -0.4 is 18.9 Å². The van der Waals surface area contributed by atoms with E-state index >= 15 is 0 Å². The van der Waals surface area contributed by atoms with Crippen LogP contribution >= 0.6 is 0 Å². The third-order valence-electron chi connectivity index (χ3n) is 5.02. The number of imidazole rings is 1. The van der Waals surface area contributed by atoms with Crippen molar-refractivity contribution in [3.8, 4) is 23.0 Å². The number of aromatic amines is 1. The lowest BCUT2D eigenvalue weighted by atomic mass is 10.2. The number of alkyl halides is 2. The summed E-state index contributed by atoms with van der Waals surface area (Å²) < 4.78 is 60.7. The Bertz CT molecular complexity index is 1320. The van der Waals surface area contributed by atoms with Gasteiger partial charge in [-0.15, -0.1) is 0 Å². The maximum Gasteiger partial charge on any atom is 0.433 e. The van der Waals surface area contributed by atoms with Gasteiger partial charge in [0.25, 0.3) is 0 Å². The molecule has 8 nitrogen and oxygen atoms in total. The summed E-state index contributed by atoms with van der Waals surface area (Å²) in [6.07, 6.45) is -1.89. The van der Waals surface area contributed by atoms with E-state index in [1.54, 1.807) is 6.07 Å². The predicted molar refractivity (Wildman–Crippen MR) is 119 cm³/mol. The Labute approximate surface area is 196 Å². The molecule has 4 aromatic rings. The summed E-state index contributed by atoms with van der Waals surface area (Å²) in [5.74, 6) is 1.03. The van der Waals surface area contributed by atoms with Crippen LogP contribution in [0.5, 0.6) is 23.0 Å². The summed E-state index contributed by atoms with van der Waals surface area (Å²) in [6.45, 7) is -0.524. The van der Waals surface area contributed by atoms with Crippen LogP contribution in [-0.4, -0.2) is 39.3 Å². The van der Waals surface area contributed by atoms with E-state index < -0.39 is 23.9 Å². The van der Waals surface area contributed by atoms with Gasteiger partial charge >= 0.3 is 11.3 Å². The number of fused-ring (bicyclic) bond motifs is 2. The highest BCUT2D eigenvalue weighted by Crippen LogP contribution is 2.39. The highest BCUT2D eigenvalue weighted by molar-refractivity contribution is 7.90. The van der Waals surface area contributed by atoms with Crippen molar-refractivity contribution >= 4 is 22.2 Å². The standard InChI is InChI=1S/C23H19F2N3O5S/c1-30-18-7-15(26-10-21(18)31-11-14-5-3-2-4-6-14)12-34(29)22-27-16-8-19-20(9-17(16)28-22)33-23(24,25)13-32-19/h2-10H,11-13H2,1H3,(H,27,28). The van der Waals surface area contributed by atoms with Crippen molar-refractivity contribution in [2.24, 2.45) is 0 Å². The summed E-state index contributed by atoms with van der Waals surface area (Å²) in [7, 11) is 1.51. The Hall–Kier alpha value is -3.57. The Balaban J connectivity index is 1.31. The quantitative estimate of drug-likeness (QED) is 0.390. The largest absolute Gasteiger partial charge is 0.609 e. The average molecular weight is 487 g/mol. The van der Waals surface area contributed by atoms with Gasteiger partial charge in [-0.1, -0.05) is 30.3 Å². The maximum atomic E-state index is 13.4. The summed E-state index contributed by atoms with van der Waals surface area (Å²) in [5.41, 5.74) is 2.33. The van der Waals surface area contributed by atoms with Crippen LogP contribution in [0.4, 0.5) is 8.78 Å². The zero-order valence-electron chi connectivity index (χ0n) is 17.9. The minimum Gasteiger partial charge on any atom is -0.609 e. The Kier molecular flexibility index (Phi) is 5.88. The molecule has 2 aromatic heterocycles. The molecule has 3 heterocycles. The number of nitrogens with one attached hydrogen (secondary N) is 1. The van der Waals surface area contributed by atoms with Crippen LogP contribution in [0.25, 0.3) is 11.0 Å². The van der Waals surface area contributed by atoms with Crippen LogP contribution in [0.3, 0.4) is 0 Å². The summed E-state index contributed by atoms with van der Waals surface area (Å²) in [6, 6.07) is 14.2. The normalized spacial score (nSPS) is 15.2. The van der Waals surface area contributed by atoms with Crippen LogP contribution in [0.1, 0.15) is 11.3 Å². The fraction of sp³-hybridized carbons (Fsp3) is 0.217. The monoisotopic (exact) mass is 487 g/mol. The van der Waals surface area contributed by atoms with Gasteiger partial charge in [-0.05, 0) is 5.56 Å². The molecule has 0 aliphatic carbocycles. The summed E-state index contributed by atoms with van der Waals surface area (Å²) in [4.78, 5) is 11.5. The number of halogens is 2. The smallest absolute Gasteiger partial charge is 0.433 e. The summed E-state index contributed by atoms with van der Waals surface area (Å²) in [5, 5.41) is 0.175. The number of benzene rings is 2. The zero-order valence-corrected chi connectivity index (χ0v) is 18.7. The van der Waals surface area contributed by atoms with Crippen molar-refractivity contribution in [3.05, 3.63) is 66.0 Å². The molecular weight excluding hydrogens is 468 g/mol. The minimum absolute atomic E-state index is 0.0555. The van der Waals surface area contributed by atoms with E-state index in [1.165, 1.54) is 25.4 Å². The van der Waals surface area contributed by atoms with Crippen molar-refractivity contribution < 1.29 is 32.3 Å². The number of methoxy groups -OCH3 is 1. The molecule has 1 aliphatic heterocycles. The van der Waals surface area contributed by atoms with Gasteiger partial charge in [-0.25, -0.2) is 0 Å². The van der Waals surface area contributed by atoms with E-state index in [0.29, 0.717) is 34.8 Å². The van der Waals surface area contributed by atoms with Crippen molar-refractivity contribution in [2.75, 3.05) is 13.7 Å². The number of nitrogens with zero attached hydrogens (tertiary/aromatic N) is 2. The second kappa shape index (κ2) is 8.99. The molecule has 11 heteroatoms. The molecule has 0 saturated carbocycles. The van der Waals surface area contributed by atoms with Crippen molar-refractivity contribution in [1.82, 2.24) is 15.0 Å². The van der Waals surface area contributed by atoms with E-state index in [2.05, 4.69) is 19.7 Å². The Morgan fingerprint density at radius 1 is 1.15 bits per heavy atom. The van der Waals surface area contributed by atoms with E-state index in [4.69, 9.17) is 14.2 Å². The minimum atomic E-state index is -3.41. The van der Waals surface area contributed by atoms with E-state index in [-0.39, 0.29) is 22.4 Å². The molecule has 5 rings (SSSR count). The molecule has 0 spiro atoms. The fourth-order valence-corrected chi connectivity index (χ4v) is 4.38. The number of hydrogen-bond donors (Lipinski definition) is 1. The molecular formula is C23H19F2N3O5S. The van der Waals surface area contributed by atoms with Crippen LogP contribution in [0, 0.1) is 0 Å². The number of hydrogen-bond acceptors (Lipinski definition) is 7. The van der Waals surface area contributed by atoms with Gasteiger partial charge in [-0.2, -0.15) is 13.8 Å². The topological polar surface area (TPSA) is 102 Å².